The van der Waals surface area contributed by atoms with Crippen molar-refractivity contribution in [2.24, 2.45) is 0 Å². The van der Waals surface area contributed by atoms with E-state index in [9.17, 15) is 50.4 Å². The van der Waals surface area contributed by atoms with Crippen molar-refractivity contribution in [2.75, 3.05) is 37.8 Å². The predicted octanol–water partition coefficient (Wildman–Crippen LogP) is -4.97. The molecule has 14 nitrogen and oxygen atoms in total. The van der Waals surface area contributed by atoms with Gasteiger partial charge in [-0.1, -0.05) is 21.6 Å². The average molecular weight is 565 g/mol. The van der Waals surface area contributed by atoms with Gasteiger partial charge in [0.05, 0.1) is 13.2 Å². The van der Waals surface area contributed by atoms with E-state index in [0.29, 0.717) is 12.8 Å². The van der Waals surface area contributed by atoms with Crippen LogP contribution in [0.3, 0.4) is 0 Å². The van der Waals surface area contributed by atoms with Crippen LogP contribution in [-0.2, 0) is 9.59 Å². The van der Waals surface area contributed by atoms with Gasteiger partial charge in [0.2, 0.25) is 0 Å². The van der Waals surface area contributed by atoms with Gasteiger partial charge in [-0.15, -0.1) is 0 Å². The van der Waals surface area contributed by atoms with Crippen LogP contribution >= 0.6 is 21.6 Å². The largest absolute Gasteiger partial charge is 0.394 e. The van der Waals surface area contributed by atoms with Crippen molar-refractivity contribution in [3.63, 3.8) is 0 Å². The highest BCUT2D eigenvalue weighted by atomic mass is 33.1. The van der Waals surface area contributed by atoms with Crippen molar-refractivity contribution in [1.82, 2.24) is 10.6 Å². The Morgan fingerprint density at radius 1 is 0.556 bits per heavy atom. The number of hydrogen-bond acceptors (Lipinski definition) is 14. The molecule has 0 aliphatic rings. The number of unbranched alkanes of at least 4 members (excludes halogenated alkanes) is 2. The van der Waals surface area contributed by atoms with Gasteiger partial charge in [-0.05, 0) is 25.7 Å². The van der Waals surface area contributed by atoms with Gasteiger partial charge >= 0.3 is 0 Å². The van der Waals surface area contributed by atoms with E-state index >= 15 is 0 Å². The third kappa shape index (κ3) is 13.7. The van der Waals surface area contributed by atoms with Crippen LogP contribution in [0, 0.1) is 0 Å². The number of carbonyl (C=O) groups is 2. The summed E-state index contributed by atoms with van der Waals surface area (Å²) in [5.41, 5.74) is 0. The quantitative estimate of drug-likeness (QED) is 0.0460. The molecule has 8 atom stereocenters. The van der Waals surface area contributed by atoms with Gasteiger partial charge in [-0.25, -0.2) is 0 Å². The van der Waals surface area contributed by atoms with Crippen LogP contribution in [-0.4, -0.2) is 150 Å². The molecule has 12 N–H and O–H groups in total. The monoisotopic (exact) mass is 564 g/mol. The molecule has 0 aromatic heterocycles. The van der Waals surface area contributed by atoms with E-state index in [1.54, 1.807) is 21.6 Å². The Bertz CT molecular complexity index is 559. The molecule has 0 aliphatic carbocycles. The molecule has 0 saturated carbocycles. The van der Waals surface area contributed by atoms with Crippen molar-refractivity contribution in [3.8, 4) is 0 Å². The van der Waals surface area contributed by atoms with E-state index in [1.807, 2.05) is 0 Å². The Labute approximate surface area is 217 Å². The van der Waals surface area contributed by atoms with Crippen LogP contribution in [0.2, 0.25) is 0 Å². The van der Waals surface area contributed by atoms with Gasteiger partial charge in [0.1, 0.15) is 36.6 Å². The maximum Gasteiger partial charge on any atom is 0.251 e. The van der Waals surface area contributed by atoms with E-state index in [4.69, 9.17) is 10.2 Å². The zero-order chi connectivity index (χ0) is 27.7. The lowest BCUT2D eigenvalue weighted by molar-refractivity contribution is -0.149. The topological polar surface area (TPSA) is 260 Å². The van der Waals surface area contributed by atoms with Crippen LogP contribution in [0.4, 0.5) is 0 Å². The standard InChI is InChI=1S/C20H40N2O12S2/c23-9-11(25)13(27)15(29)17(31)19(33)21-5-1-3-7-35-36-8-4-2-6-22-20(34)18(32)16(30)14(28)12(26)10-24/h11-18,23-32H,1-10H2,(H,21,33)(H,22,34)/t11-,12-,13-,14-,15+,16+,17-,18-/m1/s1. The van der Waals surface area contributed by atoms with Crippen molar-refractivity contribution in [3.05, 3.63) is 0 Å². The molecule has 0 bridgehead atoms. The molecule has 0 radical (unpaired) electrons. The first-order chi connectivity index (χ1) is 17.0. The smallest absolute Gasteiger partial charge is 0.251 e. The third-order valence-electron chi connectivity index (χ3n) is 5.04. The van der Waals surface area contributed by atoms with Crippen LogP contribution in [0.1, 0.15) is 25.7 Å². The summed E-state index contributed by atoms with van der Waals surface area (Å²) in [6.45, 7) is -1.19. The van der Waals surface area contributed by atoms with Crippen LogP contribution < -0.4 is 10.6 Å². The highest BCUT2D eigenvalue weighted by Crippen LogP contribution is 2.23. The zero-order valence-corrected chi connectivity index (χ0v) is 21.4. The second-order valence-corrected chi connectivity index (χ2v) is 10.7. The van der Waals surface area contributed by atoms with E-state index in [1.165, 1.54) is 0 Å². The first-order valence-electron chi connectivity index (χ1n) is 11.5. The number of rotatable bonds is 21. The minimum absolute atomic E-state index is 0.239. The molecule has 0 heterocycles. The average Bonchev–Trinajstić information content (AvgIpc) is 2.89. The van der Waals surface area contributed by atoms with Gasteiger partial charge < -0.3 is 61.7 Å². The molecule has 0 aromatic carbocycles. The summed E-state index contributed by atoms with van der Waals surface area (Å²) < 4.78 is 0. The van der Waals surface area contributed by atoms with Crippen molar-refractivity contribution >= 4 is 33.4 Å². The van der Waals surface area contributed by atoms with Crippen LogP contribution in [0.5, 0.6) is 0 Å². The van der Waals surface area contributed by atoms with Gasteiger partial charge in [0, 0.05) is 24.6 Å². The Kier molecular flexibility index (Phi) is 19.8. The molecule has 0 aliphatic heterocycles. The number of amides is 2. The lowest BCUT2D eigenvalue weighted by atomic mass is 10.0. The predicted molar refractivity (Wildman–Crippen MR) is 132 cm³/mol. The van der Waals surface area contributed by atoms with E-state index < -0.39 is 73.9 Å². The van der Waals surface area contributed by atoms with E-state index in [2.05, 4.69) is 10.6 Å². The highest BCUT2D eigenvalue weighted by molar-refractivity contribution is 8.76. The maximum atomic E-state index is 11.8. The summed E-state index contributed by atoms with van der Waals surface area (Å²) in [6.07, 6.45) is -12.2. The fourth-order valence-corrected chi connectivity index (χ4v) is 4.97. The Morgan fingerprint density at radius 3 is 1.19 bits per heavy atom. The molecule has 36 heavy (non-hydrogen) atoms. The second-order valence-electron chi connectivity index (χ2n) is 7.99. The summed E-state index contributed by atoms with van der Waals surface area (Å²) in [4.78, 5) is 23.5. The number of aliphatic hydroxyl groups is 10. The number of carbonyl (C=O) groups excluding carboxylic acids is 2. The Morgan fingerprint density at radius 2 is 0.889 bits per heavy atom. The molecule has 0 unspecified atom stereocenters. The minimum atomic E-state index is -1.95. The number of aliphatic hydroxyl groups excluding tert-OH is 10. The molecule has 16 heteroatoms. The fourth-order valence-electron chi connectivity index (χ4n) is 2.68. The second kappa shape index (κ2) is 20.2. The fraction of sp³-hybridized carbons (Fsp3) is 0.900. The first kappa shape index (κ1) is 35.2. The van der Waals surface area contributed by atoms with Gasteiger partial charge in [-0.2, -0.15) is 0 Å². The summed E-state index contributed by atoms with van der Waals surface area (Å²) >= 11 is 0. The molecule has 0 saturated heterocycles. The SMILES string of the molecule is O=C(NCCCCSSCCCCNC(=O)[C@H](O)[C@@H](O)[C@H](O)[C@H](O)CO)[C@H](O)[C@@H](O)[C@H](O)[C@H](O)CO. The maximum absolute atomic E-state index is 11.8. The number of nitrogens with one attached hydrogen (secondary N) is 2. The Balaban J connectivity index is 3.78. The lowest BCUT2D eigenvalue weighted by Gasteiger charge is -2.24. The summed E-state index contributed by atoms with van der Waals surface area (Å²) in [5, 5.41) is 98.5. The molecule has 214 valence electrons. The van der Waals surface area contributed by atoms with Crippen molar-refractivity contribution in [2.45, 2.75) is 74.5 Å². The zero-order valence-electron chi connectivity index (χ0n) is 19.8. The summed E-state index contributed by atoms with van der Waals surface area (Å²) in [7, 11) is 3.22. The third-order valence-corrected chi connectivity index (χ3v) is 7.61. The van der Waals surface area contributed by atoms with Gasteiger partial charge in [-0.3, -0.25) is 9.59 Å². The normalized spacial score (nSPS) is 18.4. The first-order valence-corrected chi connectivity index (χ1v) is 13.9. The molecule has 0 spiro atoms. The summed E-state index contributed by atoms with van der Waals surface area (Å²) in [6, 6.07) is 0. The number of hydrogen-bond donors (Lipinski definition) is 12. The van der Waals surface area contributed by atoms with Crippen LogP contribution in [0.25, 0.3) is 0 Å². The van der Waals surface area contributed by atoms with Crippen LogP contribution in [0.15, 0.2) is 0 Å². The van der Waals surface area contributed by atoms with E-state index in [0.717, 1.165) is 24.3 Å². The highest BCUT2D eigenvalue weighted by Gasteiger charge is 2.34. The van der Waals surface area contributed by atoms with Crippen molar-refractivity contribution in [1.29, 1.82) is 0 Å². The molecule has 2 amide bonds. The molecule has 0 aromatic rings. The Hall–Kier alpha value is -0.760. The minimum Gasteiger partial charge on any atom is -0.394 e. The summed E-state index contributed by atoms with van der Waals surface area (Å²) in [5.74, 6) is -0.227. The molecular formula is C20H40N2O12S2. The lowest BCUT2D eigenvalue weighted by Crippen LogP contribution is -2.51. The molecular weight excluding hydrogens is 524 g/mol. The van der Waals surface area contributed by atoms with Gasteiger partial charge in [0.15, 0.2) is 12.2 Å². The molecule has 0 fully saturated rings. The van der Waals surface area contributed by atoms with E-state index in [-0.39, 0.29) is 13.1 Å². The van der Waals surface area contributed by atoms with Gasteiger partial charge in [0.25, 0.3) is 11.8 Å². The van der Waals surface area contributed by atoms with Crippen molar-refractivity contribution < 1.29 is 60.7 Å². The molecule has 0 rings (SSSR count).